The zero-order valence-corrected chi connectivity index (χ0v) is 11.1. The Hall–Kier alpha value is -2.74. The number of esters is 1. The van der Waals surface area contributed by atoms with Crippen molar-refractivity contribution in [3.8, 4) is 0 Å². The summed E-state index contributed by atoms with van der Waals surface area (Å²) in [5.74, 6) is -0.246. The molecule has 2 N–H and O–H groups in total. The highest BCUT2D eigenvalue weighted by Crippen LogP contribution is 2.21. The average molecular weight is 291 g/mol. The molecule has 1 unspecified atom stereocenters. The molecule has 2 rings (SSSR count). The van der Waals surface area contributed by atoms with Crippen molar-refractivity contribution in [2.75, 3.05) is 19.0 Å². The molecule has 21 heavy (non-hydrogen) atoms. The van der Waals surface area contributed by atoms with Crippen LogP contribution in [0.25, 0.3) is 10.9 Å². The van der Waals surface area contributed by atoms with Gasteiger partial charge in [0.2, 0.25) is 0 Å². The van der Waals surface area contributed by atoms with E-state index in [0.29, 0.717) is 16.7 Å². The summed E-state index contributed by atoms with van der Waals surface area (Å²) >= 11 is 0. The van der Waals surface area contributed by atoms with Crippen LogP contribution < -0.4 is 5.32 Å². The van der Waals surface area contributed by atoms with E-state index in [-0.39, 0.29) is 5.69 Å². The molecule has 1 heterocycles. The van der Waals surface area contributed by atoms with Gasteiger partial charge in [-0.05, 0) is 18.2 Å². The number of fused-ring (bicyclic) bond motifs is 1. The molecule has 1 aromatic heterocycles. The van der Waals surface area contributed by atoms with Gasteiger partial charge >= 0.3 is 5.97 Å². The van der Waals surface area contributed by atoms with Crippen molar-refractivity contribution in [2.45, 2.75) is 6.04 Å². The fourth-order valence-electron chi connectivity index (χ4n) is 1.81. The summed E-state index contributed by atoms with van der Waals surface area (Å²) in [5.41, 5.74) is 0.514. The molecular weight excluding hydrogens is 278 g/mol. The van der Waals surface area contributed by atoms with Gasteiger partial charge in [0.15, 0.2) is 0 Å². The van der Waals surface area contributed by atoms with Gasteiger partial charge in [-0.3, -0.25) is 10.1 Å². The van der Waals surface area contributed by atoms with E-state index >= 15 is 0 Å². The van der Waals surface area contributed by atoms with E-state index in [0.717, 1.165) is 0 Å². The molecule has 0 aliphatic rings. The van der Waals surface area contributed by atoms with Gasteiger partial charge in [-0.15, -0.1) is 0 Å². The maximum absolute atomic E-state index is 11.4. The summed E-state index contributed by atoms with van der Waals surface area (Å²) in [5, 5.41) is 23.2. The molecule has 0 fully saturated rings. The first kappa shape index (κ1) is 14.7. The molecule has 0 aliphatic heterocycles. The number of aromatic nitrogens is 1. The number of hydrogen-bond acceptors (Lipinski definition) is 7. The van der Waals surface area contributed by atoms with Crippen LogP contribution in [-0.4, -0.2) is 40.7 Å². The van der Waals surface area contributed by atoms with Crippen molar-refractivity contribution in [2.24, 2.45) is 0 Å². The molecule has 0 spiro atoms. The molecule has 8 nitrogen and oxygen atoms in total. The van der Waals surface area contributed by atoms with E-state index in [2.05, 4.69) is 15.0 Å². The van der Waals surface area contributed by atoms with Gasteiger partial charge in [0, 0.05) is 17.5 Å². The number of nitro benzene ring substituents is 1. The van der Waals surface area contributed by atoms with E-state index < -0.39 is 23.5 Å². The van der Waals surface area contributed by atoms with Crippen molar-refractivity contribution < 1.29 is 19.6 Å². The summed E-state index contributed by atoms with van der Waals surface area (Å²) in [6.07, 6.45) is 0. The molecule has 1 atom stereocenters. The van der Waals surface area contributed by atoms with Gasteiger partial charge in [-0.1, -0.05) is 0 Å². The van der Waals surface area contributed by atoms with Gasteiger partial charge in [0.05, 0.1) is 24.2 Å². The molecule has 0 saturated carbocycles. The van der Waals surface area contributed by atoms with Crippen LogP contribution in [0.15, 0.2) is 30.3 Å². The third kappa shape index (κ3) is 3.23. The zero-order chi connectivity index (χ0) is 15.4. The number of hydrogen-bond donors (Lipinski definition) is 2. The second kappa shape index (κ2) is 6.14. The standard InChI is InChI=1S/C13H13N3O5/c1-21-13(18)11(7-17)15-12-5-2-8-6-9(16(19)20)3-4-10(8)14-12/h2-6,11,17H,7H2,1H3,(H,14,15). The Bertz CT molecular complexity index is 689. The van der Waals surface area contributed by atoms with Crippen molar-refractivity contribution in [3.05, 3.63) is 40.4 Å². The van der Waals surface area contributed by atoms with Crippen molar-refractivity contribution >= 4 is 28.4 Å². The Morgan fingerprint density at radius 2 is 2.24 bits per heavy atom. The second-order valence-corrected chi connectivity index (χ2v) is 4.23. The number of nitrogens with one attached hydrogen (secondary N) is 1. The van der Waals surface area contributed by atoms with Crippen LogP contribution in [0.5, 0.6) is 0 Å². The van der Waals surface area contributed by atoms with Crippen molar-refractivity contribution in [1.82, 2.24) is 4.98 Å². The number of ether oxygens (including phenoxy) is 1. The molecule has 1 aromatic carbocycles. The van der Waals surface area contributed by atoms with Crippen molar-refractivity contribution in [3.63, 3.8) is 0 Å². The minimum Gasteiger partial charge on any atom is -0.467 e. The van der Waals surface area contributed by atoms with Crippen LogP contribution in [0.4, 0.5) is 11.5 Å². The lowest BCUT2D eigenvalue weighted by Crippen LogP contribution is -2.34. The number of nitrogens with zero attached hydrogens (tertiary/aromatic N) is 2. The van der Waals surface area contributed by atoms with Gasteiger partial charge in [-0.2, -0.15) is 0 Å². The summed E-state index contributed by atoms with van der Waals surface area (Å²) in [4.78, 5) is 25.8. The fourth-order valence-corrected chi connectivity index (χ4v) is 1.81. The highest BCUT2D eigenvalue weighted by molar-refractivity contribution is 5.84. The Morgan fingerprint density at radius 3 is 2.86 bits per heavy atom. The molecule has 8 heteroatoms. The minimum absolute atomic E-state index is 0.0206. The van der Waals surface area contributed by atoms with Gasteiger partial charge < -0.3 is 15.2 Å². The number of carbonyl (C=O) groups is 1. The number of aliphatic hydroxyl groups excluding tert-OH is 1. The molecule has 0 bridgehead atoms. The van der Waals surface area contributed by atoms with E-state index in [1.165, 1.54) is 25.3 Å². The summed E-state index contributed by atoms with van der Waals surface area (Å²) in [7, 11) is 1.22. The summed E-state index contributed by atoms with van der Waals surface area (Å²) in [6.45, 7) is -0.438. The molecule has 0 aliphatic carbocycles. The smallest absolute Gasteiger partial charge is 0.330 e. The number of pyridine rings is 1. The van der Waals surface area contributed by atoms with E-state index in [9.17, 15) is 14.9 Å². The zero-order valence-electron chi connectivity index (χ0n) is 11.1. The Kier molecular flexibility index (Phi) is 4.29. The first-order valence-corrected chi connectivity index (χ1v) is 6.05. The Balaban J connectivity index is 2.28. The Morgan fingerprint density at radius 1 is 1.48 bits per heavy atom. The highest BCUT2D eigenvalue weighted by atomic mass is 16.6. The summed E-state index contributed by atoms with van der Waals surface area (Å²) in [6, 6.07) is 6.57. The third-order valence-corrected chi connectivity index (χ3v) is 2.87. The van der Waals surface area contributed by atoms with Crippen molar-refractivity contribution in [1.29, 1.82) is 0 Å². The Labute approximate surface area is 119 Å². The van der Waals surface area contributed by atoms with Crippen LogP contribution in [-0.2, 0) is 9.53 Å². The molecule has 110 valence electrons. The number of non-ortho nitro benzene ring substituents is 1. The van der Waals surface area contributed by atoms with E-state index in [1.54, 1.807) is 12.1 Å². The lowest BCUT2D eigenvalue weighted by atomic mass is 10.2. The molecular formula is C13H13N3O5. The SMILES string of the molecule is COC(=O)C(CO)Nc1ccc2cc([N+](=O)[O-])ccc2n1. The number of rotatable bonds is 5. The number of benzene rings is 1. The maximum atomic E-state index is 11.4. The average Bonchev–Trinajstić information content (AvgIpc) is 2.51. The minimum atomic E-state index is -0.919. The van der Waals surface area contributed by atoms with Crippen LogP contribution in [0.2, 0.25) is 0 Å². The van der Waals surface area contributed by atoms with E-state index in [4.69, 9.17) is 5.11 Å². The van der Waals surface area contributed by atoms with Gasteiger partial charge in [0.25, 0.3) is 5.69 Å². The third-order valence-electron chi connectivity index (χ3n) is 2.87. The topological polar surface area (TPSA) is 115 Å². The van der Waals surface area contributed by atoms with E-state index in [1.807, 2.05) is 0 Å². The molecule has 2 aromatic rings. The normalized spacial score (nSPS) is 11.9. The first-order chi connectivity index (χ1) is 10.0. The van der Waals surface area contributed by atoms with Gasteiger partial charge in [-0.25, -0.2) is 9.78 Å². The largest absolute Gasteiger partial charge is 0.467 e. The van der Waals surface area contributed by atoms with Gasteiger partial charge in [0.1, 0.15) is 11.9 Å². The first-order valence-electron chi connectivity index (χ1n) is 6.05. The van der Waals surface area contributed by atoms with Crippen LogP contribution in [0, 0.1) is 10.1 Å². The van der Waals surface area contributed by atoms with Crippen LogP contribution in [0.3, 0.4) is 0 Å². The van der Waals surface area contributed by atoms with Crippen LogP contribution >= 0.6 is 0 Å². The lowest BCUT2D eigenvalue weighted by Gasteiger charge is -2.14. The highest BCUT2D eigenvalue weighted by Gasteiger charge is 2.18. The second-order valence-electron chi connectivity index (χ2n) is 4.23. The van der Waals surface area contributed by atoms with Crippen LogP contribution in [0.1, 0.15) is 0 Å². The molecule has 0 amide bonds. The predicted octanol–water partition coefficient (Wildman–Crippen LogP) is 1.09. The quantitative estimate of drug-likeness (QED) is 0.481. The fraction of sp³-hybridized carbons (Fsp3) is 0.231. The number of methoxy groups -OCH3 is 1. The number of carbonyl (C=O) groups excluding carboxylic acids is 1. The monoisotopic (exact) mass is 291 g/mol. The number of aliphatic hydroxyl groups is 1. The number of anilines is 1. The predicted molar refractivity (Wildman–Crippen MR) is 74.9 cm³/mol. The number of nitro groups is 1. The maximum Gasteiger partial charge on any atom is 0.330 e. The molecule has 0 radical (unpaired) electrons. The lowest BCUT2D eigenvalue weighted by molar-refractivity contribution is -0.384. The summed E-state index contributed by atoms with van der Waals surface area (Å²) < 4.78 is 4.54. The molecule has 0 saturated heterocycles.